The lowest BCUT2D eigenvalue weighted by atomic mass is 9.93. The molecule has 0 saturated carbocycles. The summed E-state index contributed by atoms with van der Waals surface area (Å²) in [7, 11) is 0. The van der Waals surface area contributed by atoms with Gasteiger partial charge in [0.05, 0.1) is 36.4 Å². The number of Topliss-reactive ketones (excluding diaryl/α,β-unsaturated/α-hetero) is 1. The lowest BCUT2D eigenvalue weighted by molar-refractivity contribution is -0.384. The maximum absolute atomic E-state index is 13.0. The first-order valence-electron chi connectivity index (χ1n) is 10.6. The molecule has 9 heteroatoms. The van der Waals surface area contributed by atoms with Crippen LogP contribution in [0, 0.1) is 10.1 Å². The van der Waals surface area contributed by atoms with Crippen LogP contribution in [0.5, 0.6) is 0 Å². The standard InChI is InChI=1S/C24H26N2O7/c1-15(2)16-3-5-17(6-4-16)21-20(22(28)18-7-9-19(10-8-18)26(31)32)23(29)24(30)25(21)11-13-33-14-12-27/h3-10,15,21,27-28H,11-14H2,1-2H3/t21-/m1/s1. The second kappa shape index (κ2) is 10.4. The van der Waals surface area contributed by atoms with E-state index in [-0.39, 0.29) is 49.1 Å². The van der Waals surface area contributed by atoms with Crippen molar-refractivity contribution in [1.82, 2.24) is 4.90 Å². The number of nitrogens with zero attached hydrogens (tertiary/aromatic N) is 2. The Morgan fingerprint density at radius 2 is 1.73 bits per heavy atom. The fraction of sp³-hybridized carbons (Fsp3) is 0.333. The Balaban J connectivity index is 2.06. The van der Waals surface area contributed by atoms with Crippen molar-refractivity contribution >= 4 is 23.1 Å². The zero-order valence-corrected chi connectivity index (χ0v) is 18.4. The Morgan fingerprint density at radius 1 is 1.09 bits per heavy atom. The number of aliphatic hydroxyl groups excluding tert-OH is 2. The van der Waals surface area contributed by atoms with Crippen molar-refractivity contribution in [3.63, 3.8) is 0 Å². The summed E-state index contributed by atoms with van der Waals surface area (Å²) in [6.07, 6.45) is 0. The van der Waals surface area contributed by atoms with Crippen LogP contribution in [-0.2, 0) is 14.3 Å². The molecule has 1 fully saturated rings. The van der Waals surface area contributed by atoms with E-state index < -0.39 is 28.4 Å². The van der Waals surface area contributed by atoms with Gasteiger partial charge in [0.15, 0.2) is 0 Å². The fourth-order valence-corrected chi connectivity index (χ4v) is 3.75. The molecule has 0 bridgehead atoms. The summed E-state index contributed by atoms with van der Waals surface area (Å²) in [4.78, 5) is 37.5. The molecule has 0 spiro atoms. The lowest BCUT2D eigenvalue weighted by Gasteiger charge is -2.25. The second-order valence-electron chi connectivity index (χ2n) is 7.95. The largest absolute Gasteiger partial charge is 0.507 e. The molecule has 174 valence electrons. The summed E-state index contributed by atoms with van der Waals surface area (Å²) < 4.78 is 5.28. The van der Waals surface area contributed by atoms with Crippen molar-refractivity contribution in [2.45, 2.75) is 25.8 Å². The number of amides is 1. The molecule has 1 aliphatic heterocycles. The average molecular weight is 454 g/mol. The minimum atomic E-state index is -0.848. The maximum atomic E-state index is 13.0. The third-order valence-corrected chi connectivity index (χ3v) is 5.52. The smallest absolute Gasteiger partial charge is 0.295 e. The van der Waals surface area contributed by atoms with E-state index in [9.17, 15) is 24.8 Å². The number of carbonyl (C=O) groups is 2. The Kier molecular flexibility index (Phi) is 7.57. The van der Waals surface area contributed by atoms with E-state index >= 15 is 0 Å². The topological polar surface area (TPSA) is 130 Å². The van der Waals surface area contributed by atoms with Gasteiger partial charge in [-0.3, -0.25) is 19.7 Å². The summed E-state index contributed by atoms with van der Waals surface area (Å²) in [6.45, 7) is 4.21. The Labute approximate surface area is 191 Å². The number of carbonyl (C=O) groups excluding carboxylic acids is 2. The third-order valence-electron chi connectivity index (χ3n) is 5.52. The van der Waals surface area contributed by atoms with Crippen LogP contribution in [0.1, 0.15) is 42.5 Å². The van der Waals surface area contributed by atoms with Gasteiger partial charge in [-0.05, 0) is 29.2 Å². The quantitative estimate of drug-likeness (QED) is 0.149. The van der Waals surface area contributed by atoms with E-state index in [1.807, 2.05) is 38.1 Å². The summed E-state index contributed by atoms with van der Waals surface area (Å²) in [5, 5.41) is 30.8. The van der Waals surface area contributed by atoms with Gasteiger partial charge in [-0.15, -0.1) is 0 Å². The van der Waals surface area contributed by atoms with Crippen LogP contribution in [0.15, 0.2) is 54.1 Å². The molecule has 0 aromatic heterocycles. The highest BCUT2D eigenvalue weighted by Crippen LogP contribution is 2.39. The first-order valence-corrected chi connectivity index (χ1v) is 10.6. The van der Waals surface area contributed by atoms with Gasteiger partial charge in [-0.25, -0.2) is 0 Å². The van der Waals surface area contributed by atoms with Crippen molar-refractivity contribution in [2.75, 3.05) is 26.4 Å². The van der Waals surface area contributed by atoms with Crippen molar-refractivity contribution in [2.24, 2.45) is 0 Å². The second-order valence-corrected chi connectivity index (χ2v) is 7.95. The zero-order valence-electron chi connectivity index (χ0n) is 18.4. The molecular weight excluding hydrogens is 428 g/mol. The molecule has 1 saturated heterocycles. The molecule has 3 rings (SSSR count). The lowest BCUT2D eigenvalue weighted by Crippen LogP contribution is -2.33. The van der Waals surface area contributed by atoms with Crippen LogP contribution in [0.2, 0.25) is 0 Å². The first kappa shape index (κ1) is 24.1. The molecule has 2 aromatic rings. The SMILES string of the molecule is CC(C)c1ccc([C@@H]2C(=C(O)c3ccc([N+](=O)[O-])cc3)C(=O)C(=O)N2CCOCCO)cc1. The zero-order chi connectivity index (χ0) is 24.1. The van der Waals surface area contributed by atoms with Crippen molar-refractivity contribution < 1.29 is 29.5 Å². The highest BCUT2D eigenvalue weighted by molar-refractivity contribution is 6.46. The van der Waals surface area contributed by atoms with Crippen molar-refractivity contribution in [3.05, 3.63) is 80.9 Å². The number of non-ortho nitro benzene ring substituents is 1. The van der Waals surface area contributed by atoms with Gasteiger partial charge >= 0.3 is 0 Å². The van der Waals surface area contributed by atoms with E-state index in [1.165, 1.54) is 29.2 Å². The van der Waals surface area contributed by atoms with Gasteiger partial charge in [-0.1, -0.05) is 38.1 Å². The minimum absolute atomic E-state index is 0.0816. The summed E-state index contributed by atoms with van der Waals surface area (Å²) in [5.74, 6) is -1.73. The molecule has 0 aliphatic carbocycles. The number of nitro groups is 1. The monoisotopic (exact) mass is 454 g/mol. The number of nitro benzene ring substituents is 1. The third kappa shape index (κ3) is 5.10. The van der Waals surface area contributed by atoms with Crippen LogP contribution in [0.4, 0.5) is 5.69 Å². The molecule has 1 heterocycles. The Hall–Kier alpha value is -3.56. The van der Waals surface area contributed by atoms with Crippen LogP contribution < -0.4 is 0 Å². The Morgan fingerprint density at radius 3 is 2.27 bits per heavy atom. The molecule has 1 atom stereocenters. The molecule has 0 unspecified atom stereocenters. The predicted molar refractivity (Wildman–Crippen MR) is 121 cm³/mol. The average Bonchev–Trinajstić information content (AvgIpc) is 3.06. The van der Waals surface area contributed by atoms with Crippen molar-refractivity contribution in [3.8, 4) is 0 Å². The van der Waals surface area contributed by atoms with E-state index in [4.69, 9.17) is 9.84 Å². The highest BCUT2D eigenvalue weighted by Gasteiger charge is 2.45. The molecule has 1 amide bonds. The molecule has 2 aromatic carbocycles. The Bertz CT molecular complexity index is 1060. The number of benzene rings is 2. The first-order chi connectivity index (χ1) is 15.8. The van der Waals surface area contributed by atoms with E-state index in [0.717, 1.165) is 5.56 Å². The van der Waals surface area contributed by atoms with E-state index in [2.05, 4.69) is 0 Å². The molecule has 9 nitrogen and oxygen atoms in total. The number of hydrogen-bond acceptors (Lipinski definition) is 7. The molecule has 33 heavy (non-hydrogen) atoms. The molecular formula is C24H26N2O7. The minimum Gasteiger partial charge on any atom is -0.507 e. The van der Waals surface area contributed by atoms with E-state index in [0.29, 0.717) is 5.56 Å². The van der Waals surface area contributed by atoms with Crippen LogP contribution in [0.25, 0.3) is 5.76 Å². The predicted octanol–water partition coefficient (Wildman–Crippen LogP) is 3.15. The van der Waals surface area contributed by atoms with Crippen molar-refractivity contribution in [1.29, 1.82) is 0 Å². The van der Waals surface area contributed by atoms with Gasteiger partial charge < -0.3 is 19.8 Å². The number of hydrogen-bond donors (Lipinski definition) is 2. The summed E-state index contributed by atoms with van der Waals surface area (Å²) in [6, 6.07) is 11.7. The number of likely N-dealkylation sites (tertiary alicyclic amines) is 1. The maximum Gasteiger partial charge on any atom is 0.295 e. The van der Waals surface area contributed by atoms with Gasteiger partial charge in [0, 0.05) is 24.2 Å². The number of rotatable bonds is 9. The highest BCUT2D eigenvalue weighted by atomic mass is 16.6. The van der Waals surface area contributed by atoms with Crippen LogP contribution in [0.3, 0.4) is 0 Å². The molecule has 1 aliphatic rings. The van der Waals surface area contributed by atoms with Gasteiger partial charge in [0.1, 0.15) is 5.76 Å². The van der Waals surface area contributed by atoms with Crippen LogP contribution in [-0.4, -0.2) is 58.1 Å². The number of ether oxygens (including phenoxy) is 1. The summed E-state index contributed by atoms with van der Waals surface area (Å²) in [5.41, 5.74) is 1.67. The fourth-order valence-electron chi connectivity index (χ4n) is 3.75. The molecule has 2 N–H and O–H groups in total. The van der Waals surface area contributed by atoms with Gasteiger partial charge in [0.25, 0.3) is 17.4 Å². The number of aliphatic hydroxyl groups is 2. The summed E-state index contributed by atoms with van der Waals surface area (Å²) >= 11 is 0. The number of ketones is 1. The van der Waals surface area contributed by atoms with Gasteiger partial charge in [-0.2, -0.15) is 0 Å². The van der Waals surface area contributed by atoms with E-state index in [1.54, 1.807) is 0 Å². The van der Waals surface area contributed by atoms with Crippen LogP contribution >= 0.6 is 0 Å². The van der Waals surface area contributed by atoms with Gasteiger partial charge in [0.2, 0.25) is 0 Å². The normalized spacial score (nSPS) is 17.7. The molecule has 0 radical (unpaired) electrons.